The highest BCUT2D eigenvalue weighted by molar-refractivity contribution is 6.30. The fourth-order valence-corrected chi connectivity index (χ4v) is 7.50. The van der Waals surface area contributed by atoms with Crippen molar-refractivity contribution in [3.8, 4) is 5.75 Å². The van der Waals surface area contributed by atoms with Crippen molar-refractivity contribution in [2.75, 3.05) is 45.9 Å². The molecule has 6 rings (SSSR count). The average molecular weight is 662 g/mol. The highest BCUT2D eigenvalue weighted by Gasteiger charge is 2.56. The third-order valence-corrected chi connectivity index (χ3v) is 10.5. The number of hydrogen-bond donors (Lipinski definition) is 0. The molecule has 3 aromatic rings. The molecule has 47 heavy (non-hydrogen) atoms. The molecule has 1 saturated heterocycles. The number of carbonyl (C=O) groups excluding carboxylic acids is 2. The molecule has 2 aromatic carbocycles. The molecule has 1 aromatic heterocycles. The van der Waals surface area contributed by atoms with Gasteiger partial charge in [0.1, 0.15) is 23.9 Å². The zero-order valence-corrected chi connectivity index (χ0v) is 28.8. The van der Waals surface area contributed by atoms with E-state index in [1.807, 2.05) is 68.3 Å². The van der Waals surface area contributed by atoms with Gasteiger partial charge in [0.25, 0.3) is 5.82 Å². The number of ether oxygens (including phenoxy) is 1. The minimum atomic E-state index is -0.526. The Labute approximate surface area is 282 Å². The molecule has 11 heteroatoms. The van der Waals surface area contributed by atoms with Gasteiger partial charge in [-0.05, 0) is 80.8 Å². The number of carbonyl (C=O) groups is 2. The van der Waals surface area contributed by atoms with Gasteiger partial charge in [-0.25, -0.2) is 9.78 Å². The maximum Gasteiger partial charge on any atom is 0.357 e. The van der Waals surface area contributed by atoms with E-state index in [2.05, 4.69) is 16.8 Å². The van der Waals surface area contributed by atoms with Gasteiger partial charge in [-0.1, -0.05) is 35.3 Å². The molecule has 0 bridgehead atoms. The molecule has 0 spiro atoms. The Kier molecular flexibility index (Phi) is 9.85. The highest BCUT2D eigenvalue weighted by Crippen LogP contribution is 2.46. The summed E-state index contributed by atoms with van der Waals surface area (Å²) in [7, 11) is 5.56. The van der Waals surface area contributed by atoms with Crippen molar-refractivity contribution in [1.82, 2.24) is 24.4 Å². The van der Waals surface area contributed by atoms with Gasteiger partial charge in [-0.3, -0.25) is 9.69 Å². The van der Waals surface area contributed by atoms with Crippen LogP contribution in [0, 0.1) is 5.92 Å². The monoisotopic (exact) mass is 661 g/mol. The SMILES string of the molecule is CC[C@@H](C)O[N@@+]1(c2cnc(N(C)C[C@H]3CC[C@H](N4CC(=O)N(C)C4)CC3)cn2)C(=O)Cc2cc(OC)ccc2C1c1ccc(Cl)cc1. The van der Waals surface area contributed by atoms with Gasteiger partial charge in [0.2, 0.25) is 5.91 Å². The van der Waals surface area contributed by atoms with Crippen molar-refractivity contribution < 1.29 is 19.2 Å². The van der Waals surface area contributed by atoms with Crippen molar-refractivity contribution in [1.29, 1.82) is 0 Å². The van der Waals surface area contributed by atoms with E-state index < -0.39 is 10.7 Å². The Hall–Kier alpha value is -3.57. The molecule has 2 amide bonds. The van der Waals surface area contributed by atoms with Gasteiger partial charge in [-0.15, -0.1) is 0 Å². The van der Waals surface area contributed by atoms with Crippen LogP contribution in [0.15, 0.2) is 54.9 Å². The van der Waals surface area contributed by atoms with E-state index in [4.69, 9.17) is 31.1 Å². The number of quaternary nitrogens is 1. The summed E-state index contributed by atoms with van der Waals surface area (Å²) in [5.41, 5.74) is 2.76. The minimum Gasteiger partial charge on any atom is -0.497 e. The molecule has 1 unspecified atom stereocenters. The smallest absolute Gasteiger partial charge is 0.357 e. The van der Waals surface area contributed by atoms with Crippen molar-refractivity contribution >= 4 is 35.1 Å². The van der Waals surface area contributed by atoms with E-state index in [0.717, 1.165) is 67.8 Å². The zero-order valence-electron chi connectivity index (χ0n) is 28.1. The van der Waals surface area contributed by atoms with Crippen LogP contribution >= 0.6 is 11.6 Å². The van der Waals surface area contributed by atoms with Crippen molar-refractivity contribution in [3.05, 3.63) is 76.6 Å². The lowest BCUT2D eigenvalue weighted by atomic mass is 9.85. The Morgan fingerprint density at radius 2 is 1.81 bits per heavy atom. The Balaban J connectivity index is 1.27. The number of nitrogens with zero attached hydrogens (tertiary/aromatic N) is 6. The summed E-state index contributed by atoms with van der Waals surface area (Å²) in [5.74, 6) is 2.52. The van der Waals surface area contributed by atoms with Crippen molar-refractivity contribution in [2.45, 2.75) is 70.6 Å². The van der Waals surface area contributed by atoms with Crippen molar-refractivity contribution in [3.63, 3.8) is 0 Å². The number of hydrogen-bond acceptors (Lipinski definition) is 8. The average Bonchev–Trinajstić information content (AvgIpc) is 3.42. The molecular formula is C36H46ClN6O4+. The third kappa shape index (κ3) is 6.61. The molecule has 2 aliphatic heterocycles. The van der Waals surface area contributed by atoms with Gasteiger partial charge >= 0.3 is 5.91 Å². The lowest BCUT2D eigenvalue weighted by Gasteiger charge is -2.42. The van der Waals surface area contributed by atoms with Gasteiger partial charge in [0.15, 0.2) is 6.04 Å². The van der Waals surface area contributed by atoms with E-state index >= 15 is 0 Å². The molecule has 3 heterocycles. The normalized spacial score (nSPS) is 25.5. The summed E-state index contributed by atoms with van der Waals surface area (Å²) in [6, 6.07) is 13.4. The van der Waals surface area contributed by atoms with E-state index in [-0.39, 0.29) is 24.3 Å². The first-order valence-corrected chi connectivity index (χ1v) is 17.0. The quantitative estimate of drug-likeness (QED) is 0.253. The number of anilines is 1. The summed E-state index contributed by atoms with van der Waals surface area (Å²) < 4.78 is 5.08. The van der Waals surface area contributed by atoms with Crippen LogP contribution in [0.3, 0.4) is 0 Å². The molecule has 10 nitrogen and oxygen atoms in total. The van der Waals surface area contributed by atoms with Crippen molar-refractivity contribution in [2.24, 2.45) is 5.92 Å². The number of aromatic nitrogens is 2. The first kappa shape index (κ1) is 33.3. The molecule has 0 N–H and O–H groups in total. The maximum atomic E-state index is 14.5. The predicted molar refractivity (Wildman–Crippen MR) is 183 cm³/mol. The van der Waals surface area contributed by atoms with Crippen LogP contribution in [0.5, 0.6) is 5.75 Å². The molecule has 3 aliphatic rings. The van der Waals surface area contributed by atoms with Gasteiger partial charge in [0.05, 0.1) is 32.9 Å². The van der Waals surface area contributed by atoms with E-state index in [1.54, 1.807) is 19.5 Å². The zero-order chi connectivity index (χ0) is 33.3. The number of amides is 2. The van der Waals surface area contributed by atoms with Crippen LogP contribution in [0.4, 0.5) is 11.6 Å². The van der Waals surface area contributed by atoms with Gasteiger partial charge < -0.3 is 14.5 Å². The second-order valence-corrected chi connectivity index (χ2v) is 13.8. The maximum absolute atomic E-state index is 14.5. The summed E-state index contributed by atoms with van der Waals surface area (Å²) in [6.45, 7) is 6.17. The fraction of sp³-hybridized carbons (Fsp3) is 0.500. The molecule has 1 saturated carbocycles. The number of methoxy groups -OCH3 is 1. The largest absolute Gasteiger partial charge is 0.497 e. The first-order chi connectivity index (χ1) is 22.6. The summed E-state index contributed by atoms with van der Waals surface area (Å²) in [4.78, 5) is 49.4. The first-order valence-electron chi connectivity index (χ1n) is 16.7. The van der Waals surface area contributed by atoms with Crippen LogP contribution in [-0.2, 0) is 20.8 Å². The molecular weight excluding hydrogens is 616 g/mol. The summed E-state index contributed by atoms with van der Waals surface area (Å²) in [5, 5.41) is 0.617. The number of halogens is 1. The number of fused-ring (bicyclic) bond motifs is 1. The second kappa shape index (κ2) is 13.9. The number of likely N-dealkylation sites (N-methyl/N-ethyl adjacent to an activating group) is 1. The fourth-order valence-electron chi connectivity index (χ4n) is 7.37. The standard InChI is InChI=1S/C36H46ClN6O4/c1-6-24(2)47-43(35(45)18-27-17-30(46-5)15-16-31(27)36(43)26-9-11-28(37)12-10-26)33-20-38-32(19-39-33)40(3)21-25-7-13-29(14-8-25)42-22-34(44)41(4)23-42/h9-12,15-17,19-20,24-25,29,36H,6-8,13-14,18,21-23H2,1-5H3/q+1/t24-,25-,29-,36?,43+/m1/s1. The van der Waals surface area contributed by atoms with Crippen LogP contribution in [0.25, 0.3) is 0 Å². The van der Waals surface area contributed by atoms with Crippen LogP contribution in [0.1, 0.15) is 68.7 Å². The topological polar surface area (TPSA) is 88.1 Å². The number of hydroxylamine groups is 2. The summed E-state index contributed by atoms with van der Waals surface area (Å²) in [6.07, 6.45) is 8.55. The minimum absolute atomic E-state index is 0.121. The molecule has 3 atom stereocenters. The van der Waals surface area contributed by atoms with E-state index in [1.165, 1.54) is 0 Å². The van der Waals surface area contributed by atoms with Gasteiger partial charge in [-0.2, -0.15) is 9.82 Å². The van der Waals surface area contributed by atoms with Crippen LogP contribution in [-0.4, -0.2) is 84.7 Å². The van der Waals surface area contributed by atoms with Gasteiger partial charge in [0, 0.05) is 42.8 Å². The highest BCUT2D eigenvalue weighted by atomic mass is 35.5. The number of rotatable bonds is 10. The van der Waals surface area contributed by atoms with E-state index in [0.29, 0.717) is 35.1 Å². The molecule has 1 aliphatic carbocycles. The predicted octanol–water partition coefficient (Wildman–Crippen LogP) is 5.77. The third-order valence-electron chi connectivity index (χ3n) is 10.2. The van der Waals surface area contributed by atoms with Crippen LogP contribution < -0.4 is 14.3 Å². The molecule has 250 valence electrons. The Morgan fingerprint density at radius 3 is 2.43 bits per heavy atom. The Bertz CT molecular complexity index is 1580. The lowest BCUT2D eigenvalue weighted by Crippen LogP contribution is -2.61. The second-order valence-electron chi connectivity index (χ2n) is 13.3. The molecule has 2 fully saturated rings. The van der Waals surface area contributed by atoms with E-state index in [9.17, 15) is 9.59 Å². The number of benzene rings is 2. The summed E-state index contributed by atoms with van der Waals surface area (Å²) >= 11 is 6.32. The molecule has 0 radical (unpaired) electrons. The lowest BCUT2D eigenvalue weighted by molar-refractivity contribution is -0.211. The Morgan fingerprint density at radius 1 is 1.06 bits per heavy atom. The van der Waals surface area contributed by atoms with Crippen LogP contribution in [0.2, 0.25) is 5.02 Å².